The second kappa shape index (κ2) is 5.59. The van der Waals surface area contributed by atoms with Crippen molar-refractivity contribution in [3.8, 4) is 0 Å². The van der Waals surface area contributed by atoms with Crippen molar-refractivity contribution in [2.45, 2.75) is 83.7 Å². The lowest BCUT2D eigenvalue weighted by Gasteiger charge is -2.74. The molecule has 6 aliphatic rings. The van der Waals surface area contributed by atoms with E-state index in [9.17, 15) is 10.2 Å². The largest absolute Gasteiger partial charge is 0.396 e. The molecule has 0 aromatic carbocycles. The fourth-order valence-electron chi connectivity index (χ4n) is 8.47. The monoisotopic (exact) mass is 376 g/mol. The smallest absolute Gasteiger partial charge is 0.163 e. The van der Waals surface area contributed by atoms with Crippen LogP contribution in [0, 0.1) is 34.0 Å². The summed E-state index contributed by atoms with van der Waals surface area (Å²) in [6.07, 6.45) is 7.72. The first-order chi connectivity index (χ1) is 12.7. The first-order valence-corrected chi connectivity index (χ1v) is 11.0. The van der Waals surface area contributed by atoms with Crippen molar-refractivity contribution in [3.63, 3.8) is 0 Å². The summed E-state index contributed by atoms with van der Waals surface area (Å²) in [4.78, 5) is 0. The van der Waals surface area contributed by atoms with Gasteiger partial charge in [0.15, 0.2) is 5.79 Å². The van der Waals surface area contributed by atoms with Crippen LogP contribution in [0.2, 0.25) is 0 Å². The highest BCUT2D eigenvalue weighted by Gasteiger charge is 2.73. The molecule has 1 heterocycles. The van der Waals surface area contributed by atoms with Crippen molar-refractivity contribution in [1.29, 1.82) is 0 Å². The van der Waals surface area contributed by atoms with Gasteiger partial charge in [-0.3, -0.25) is 0 Å². The molecule has 8 atom stereocenters. The van der Waals surface area contributed by atoms with E-state index in [1.54, 1.807) is 0 Å². The first kappa shape index (κ1) is 18.6. The van der Waals surface area contributed by atoms with Crippen LogP contribution >= 0.6 is 0 Å². The first-order valence-electron chi connectivity index (χ1n) is 11.0. The van der Waals surface area contributed by atoms with Crippen molar-refractivity contribution in [1.82, 2.24) is 0 Å². The number of hydrogen-bond acceptors (Lipinski definition) is 4. The average Bonchev–Trinajstić information content (AvgIpc) is 2.64. The molecule has 1 aliphatic heterocycles. The van der Waals surface area contributed by atoms with E-state index >= 15 is 0 Å². The second-order valence-electron chi connectivity index (χ2n) is 11.1. The third-order valence-electron chi connectivity index (χ3n) is 9.60. The molecule has 5 saturated carbocycles. The van der Waals surface area contributed by atoms with Gasteiger partial charge in [-0.1, -0.05) is 19.9 Å². The summed E-state index contributed by atoms with van der Waals surface area (Å²) >= 11 is 0. The SMILES string of the molecule is C=C1[C@H]2CC[C@@]34C(C2)[C@]2(CO)CCC[C@@](C)(CO)C2C[C@H]3OC(C)(C)O[C@@H]14. The number of aliphatic hydroxyl groups is 2. The van der Waals surface area contributed by atoms with E-state index in [4.69, 9.17) is 9.47 Å². The summed E-state index contributed by atoms with van der Waals surface area (Å²) < 4.78 is 13.2. The Morgan fingerprint density at radius 1 is 1.00 bits per heavy atom. The molecule has 0 aromatic heterocycles. The molecule has 2 unspecified atom stereocenters. The molecule has 0 amide bonds. The van der Waals surface area contributed by atoms with E-state index < -0.39 is 5.79 Å². The van der Waals surface area contributed by atoms with Crippen molar-refractivity contribution >= 4 is 0 Å². The molecule has 0 aromatic rings. The van der Waals surface area contributed by atoms with Crippen molar-refractivity contribution in [2.24, 2.45) is 34.0 Å². The number of hydrogen-bond donors (Lipinski definition) is 2. The molecular formula is C23H36O4. The summed E-state index contributed by atoms with van der Waals surface area (Å²) in [7, 11) is 0. The Morgan fingerprint density at radius 2 is 1.78 bits per heavy atom. The van der Waals surface area contributed by atoms with E-state index in [1.807, 2.05) is 13.8 Å². The van der Waals surface area contributed by atoms with Gasteiger partial charge < -0.3 is 19.7 Å². The highest BCUT2D eigenvalue weighted by molar-refractivity contribution is 5.30. The molecular weight excluding hydrogens is 340 g/mol. The molecule has 1 spiro atoms. The van der Waals surface area contributed by atoms with Gasteiger partial charge in [-0.25, -0.2) is 0 Å². The highest BCUT2D eigenvalue weighted by atomic mass is 16.7. The van der Waals surface area contributed by atoms with E-state index in [1.165, 1.54) is 12.0 Å². The Bertz CT molecular complexity index is 659. The van der Waals surface area contributed by atoms with Gasteiger partial charge in [0.1, 0.15) is 0 Å². The zero-order chi connectivity index (χ0) is 19.2. The topological polar surface area (TPSA) is 58.9 Å². The van der Waals surface area contributed by atoms with Gasteiger partial charge in [0.2, 0.25) is 0 Å². The Morgan fingerprint density at radius 3 is 2.48 bits per heavy atom. The maximum Gasteiger partial charge on any atom is 0.163 e. The molecule has 5 aliphatic carbocycles. The molecule has 6 rings (SSSR count). The van der Waals surface area contributed by atoms with E-state index in [0.29, 0.717) is 17.8 Å². The van der Waals surface area contributed by atoms with Crippen LogP contribution in [0.3, 0.4) is 0 Å². The summed E-state index contributed by atoms with van der Waals surface area (Å²) in [6, 6.07) is 0. The lowest BCUT2D eigenvalue weighted by Crippen LogP contribution is -2.75. The van der Waals surface area contributed by atoms with E-state index in [-0.39, 0.29) is 41.7 Å². The zero-order valence-electron chi connectivity index (χ0n) is 17.2. The molecule has 4 nitrogen and oxygen atoms in total. The Balaban J connectivity index is 1.68. The predicted molar refractivity (Wildman–Crippen MR) is 103 cm³/mol. The fraction of sp³-hybridized carbons (Fsp3) is 0.913. The van der Waals surface area contributed by atoms with Crippen LogP contribution in [0.25, 0.3) is 0 Å². The molecule has 152 valence electrons. The highest BCUT2D eigenvalue weighted by Crippen LogP contribution is 2.74. The Hall–Kier alpha value is -0.420. The fourth-order valence-corrected chi connectivity index (χ4v) is 8.47. The van der Waals surface area contributed by atoms with Gasteiger partial charge in [0.25, 0.3) is 0 Å². The van der Waals surface area contributed by atoms with E-state index in [2.05, 4.69) is 13.5 Å². The van der Waals surface area contributed by atoms with Crippen LogP contribution < -0.4 is 0 Å². The van der Waals surface area contributed by atoms with Crippen LogP contribution in [0.5, 0.6) is 0 Å². The maximum absolute atomic E-state index is 10.8. The number of aliphatic hydroxyl groups excluding tert-OH is 2. The number of ether oxygens (including phenoxy) is 2. The molecule has 4 heteroatoms. The van der Waals surface area contributed by atoms with E-state index in [0.717, 1.165) is 38.5 Å². The van der Waals surface area contributed by atoms with Crippen LogP contribution in [0.15, 0.2) is 12.2 Å². The van der Waals surface area contributed by atoms with Crippen molar-refractivity contribution < 1.29 is 19.7 Å². The van der Waals surface area contributed by atoms with Gasteiger partial charge in [-0.15, -0.1) is 0 Å². The Kier molecular flexibility index (Phi) is 3.85. The molecule has 2 bridgehead atoms. The number of fused-ring (bicyclic) bond motifs is 2. The molecule has 6 fully saturated rings. The normalized spacial score (nSPS) is 55.7. The molecule has 27 heavy (non-hydrogen) atoms. The average molecular weight is 377 g/mol. The lowest BCUT2D eigenvalue weighted by atomic mass is 9.35. The quantitative estimate of drug-likeness (QED) is 0.722. The second-order valence-corrected chi connectivity index (χ2v) is 11.1. The van der Waals surface area contributed by atoms with Gasteiger partial charge in [0, 0.05) is 24.0 Å². The minimum absolute atomic E-state index is 0.0473. The van der Waals surface area contributed by atoms with Crippen molar-refractivity contribution in [3.05, 3.63) is 12.2 Å². The predicted octanol–water partition coefficient (Wildman–Crippen LogP) is 3.66. The standard InChI is InChI=1S/C23H36O4/c1-14-15-6-9-23-17(10-15)22(13-25)8-5-7-21(4,12-24)16(22)11-18(23)26-20(2,3)27-19(14)23/h15-19,24-25H,1,5-13H2,2-4H3/t15-,16?,17?,18+,19-,21-,22-,23+/m0/s1. The van der Waals surface area contributed by atoms with Gasteiger partial charge >= 0.3 is 0 Å². The summed E-state index contributed by atoms with van der Waals surface area (Å²) in [5.74, 6) is 0.599. The van der Waals surface area contributed by atoms with Crippen LogP contribution in [-0.2, 0) is 9.47 Å². The third kappa shape index (κ3) is 2.14. The molecule has 0 radical (unpaired) electrons. The summed E-state index contributed by atoms with van der Waals surface area (Å²) in [5.41, 5.74) is 0.982. The maximum atomic E-state index is 10.8. The van der Waals surface area contributed by atoms with Crippen molar-refractivity contribution in [2.75, 3.05) is 13.2 Å². The zero-order valence-corrected chi connectivity index (χ0v) is 17.2. The Labute approximate surface area is 163 Å². The molecule has 1 saturated heterocycles. The third-order valence-corrected chi connectivity index (χ3v) is 9.60. The molecule has 2 N–H and O–H groups in total. The van der Waals surface area contributed by atoms with Gasteiger partial charge in [-0.2, -0.15) is 0 Å². The van der Waals surface area contributed by atoms with Crippen LogP contribution in [-0.4, -0.2) is 41.4 Å². The lowest BCUT2D eigenvalue weighted by molar-refractivity contribution is -0.397. The minimum Gasteiger partial charge on any atom is -0.396 e. The number of rotatable bonds is 2. The summed E-state index contributed by atoms with van der Waals surface area (Å²) in [5, 5.41) is 21.1. The van der Waals surface area contributed by atoms with Gasteiger partial charge in [-0.05, 0) is 81.1 Å². The van der Waals surface area contributed by atoms with Crippen LogP contribution in [0.4, 0.5) is 0 Å². The minimum atomic E-state index is -0.602. The van der Waals surface area contributed by atoms with Gasteiger partial charge in [0.05, 0.1) is 12.2 Å². The summed E-state index contributed by atoms with van der Waals surface area (Å²) in [6.45, 7) is 11.2. The van der Waals surface area contributed by atoms with Crippen LogP contribution in [0.1, 0.15) is 65.7 Å².